The van der Waals surface area contributed by atoms with Crippen LogP contribution in [-0.2, 0) is 4.79 Å². The summed E-state index contributed by atoms with van der Waals surface area (Å²) in [5.41, 5.74) is 0.544. The van der Waals surface area contributed by atoms with Crippen LogP contribution in [0.3, 0.4) is 0 Å². The molecule has 20 heavy (non-hydrogen) atoms. The molecular formula is C12H13BrN2O4S. The summed E-state index contributed by atoms with van der Waals surface area (Å²) in [5, 5.41) is 11.7. The number of nitrogens with one attached hydrogen (secondary N) is 1. The molecule has 1 atom stereocenters. The fraction of sp³-hybridized carbons (Fsp3) is 0.333. The van der Waals surface area contributed by atoms with Crippen LogP contribution in [0.5, 0.6) is 5.75 Å². The minimum Gasteiger partial charge on any atom is -0.497 e. The van der Waals surface area contributed by atoms with Crippen molar-refractivity contribution in [2.75, 3.05) is 24.1 Å². The molecule has 108 valence electrons. The van der Waals surface area contributed by atoms with Gasteiger partial charge in [-0.05, 0) is 12.1 Å². The van der Waals surface area contributed by atoms with Crippen LogP contribution in [0.25, 0.3) is 0 Å². The van der Waals surface area contributed by atoms with E-state index in [1.807, 2.05) is 0 Å². The Morgan fingerprint density at radius 1 is 1.50 bits per heavy atom. The normalized spacial score (nSPS) is 17.9. The molecule has 0 bridgehead atoms. The molecule has 1 aliphatic heterocycles. The van der Waals surface area contributed by atoms with Gasteiger partial charge in [-0.15, -0.1) is 11.8 Å². The number of rotatable bonds is 3. The zero-order valence-corrected chi connectivity index (χ0v) is 13.0. The number of aliphatic carboxylic acids is 1. The smallest absolute Gasteiger partial charge is 0.327 e. The summed E-state index contributed by atoms with van der Waals surface area (Å²) in [6, 6.07) is 3.94. The summed E-state index contributed by atoms with van der Waals surface area (Å²) in [4.78, 5) is 24.5. The number of ether oxygens (including phenoxy) is 1. The van der Waals surface area contributed by atoms with Crippen molar-refractivity contribution in [3.63, 3.8) is 0 Å². The van der Waals surface area contributed by atoms with Crippen molar-refractivity contribution < 1.29 is 19.4 Å². The van der Waals surface area contributed by atoms with Crippen LogP contribution in [0.4, 0.5) is 10.5 Å². The molecule has 0 radical (unpaired) electrons. The first-order chi connectivity index (χ1) is 9.51. The first-order valence-electron chi connectivity index (χ1n) is 5.74. The molecule has 1 aliphatic rings. The number of benzene rings is 1. The van der Waals surface area contributed by atoms with E-state index in [-0.39, 0.29) is 0 Å². The Kier molecular flexibility index (Phi) is 4.77. The first-order valence-corrected chi connectivity index (χ1v) is 7.69. The average Bonchev–Trinajstić information content (AvgIpc) is 2.87. The lowest BCUT2D eigenvalue weighted by Gasteiger charge is -2.21. The van der Waals surface area contributed by atoms with Crippen molar-refractivity contribution >= 4 is 45.4 Å². The molecule has 1 aromatic rings. The standard InChI is InChI=1S/C12H13BrN2O4S/c1-19-9-3-7(13)2-8(4-9)14-12(18)15-6-20-5-10(15)11(16)17/h2-4,10H,5-6H2,1H3,(H,14,18)(H,16,17). The van der Waals surface area contributed by atoms with Crippen molar-refractivity contribution in [1.29, 1.82) is 0 Å². The van der Waals surface area contributed by atoms with Crippen LogP contribution in [0.2, 0.25) is 0 Å². The van der Waals surface area contributed by atoms with E-state index in [2.05, 4.69) is 21.2 Å². The molecule has 2 amide bonds. The van der Waals surface area contributed by atoms with Gasteiger partial charge in [0.25, 0.3) is 0 Å². The maximum absolute atomic E-state index is 12.1. The Balaban J connectivity index is 2.11. The number of carboxylic acids is 1. The lowest BCUT2D eigenvalue weighted by Crippen LogP contribution is -2.43. The predicted molar refractivity (Wildman–Crippen MR) is 80.3 cm³/mol. The number of methoxy groups -OCH3 is 1. The van der Waals surface area contributed by atoms with Gasteiger partial charge in [0.1, 0.15) is 11.8 Å². The molecule has 1 unspecified atom stereocenters. The molecule has 0 spiro atoms. The maximum atomic E-state index is 12.1. The molecule has 1 saturated heterocycles. The molecule has 0 aliphatic carbocycles. The summed E-state index contributed by atoms with van der Waals surface area (Å²) in [5.74, 6) is 0.385. The van der Waals surface area contributed by atoms with E-state index in [4.69, 9.17) is 9.84 Å². The average molecular weight is 361 g/mol. The predicted octanol–water partition coefficient (Wildman–Crippen LogP) is 2.45. The largest absolute Gasteiger partial charge is 0.497 e. The molecular weight excluding hydrogens is 348 g/mol. The molecule has 0 aromatic heterocycles. The van der Waals surface area contributed by atoms with Crippen molar-refractivity contribution in [2.24, 2.45) is 0 Å². The third kappa shape index (κ3) is 3.37. The van der Waals surface area contributed by atoms with Crippen molar-refractivity contribution in [3.05, 3.63) is 22.7 Å². The highest BCUT2D eigenvalue weighted by Gasteiger charge is 2.34. The second-order valence-electron chi connectivity index (χ2n) is 4.13. The van der Waals surface area contributed by atoms with Crippen LogP contribution < -0.4 is 10.1 Å². The summed E-state index contributed by atoms with van der Waals surface area (Å²) in [7, 11) is 1.53. The number of nitrogens with zero attached hydrogens (tertiary/aromatic N) is 1. The van der Waals surface area contributed by atoms with Gasteiger partial charge in [-0.25, -0.2) is 9.59 Å². The monoisotopic (exact) mass is 360 g/mol. The van der Waals surface area contributed by atoms with Gasteiger partial charge >= 0.3 is 12.0 Å². The fourth-order valence-corrected chi connectivity index (χ4v) is 3.41. The van der Waals surface area contributed by atoms with E-state index >= 15 is 0 Å². The zero-order chi connectivity index (χ0) is 14.7. The van der Waals surface area contributed by atoms with Gasteiger partial charge in [0.05, 0.1) is 13.0 Å². The van der Waals surface area contributed by atoms with Crippen LogP contribution in [0, 0.1) is 0 Å². The molecule has 1 aromatic carbocycles. The highest BCUT2D eigenvalue weighted by atomic mass is 79.9. The second kappa shape index (κ2) is 6.36. The lowest BCUT2D eigenvalue weighted by atomic mass is 10.3. The number of anilines is 1. The minimum absolute atomic E-state index is 0.369. The number of thioether (sulfide) groups is 1. The van der Waals surface area contributed by atoms with Gasteiger partial charge in [0.15, 0.2) is 0 Å². The van der Waals surface area contributed by atoms with E-state index in [0.717, 1.165) is 4.47 Å². The van der Waals surface area contributed by atoms with E-state index in [0.29, 0.717) is 23.1 Å². The Morgan fingerprint density at radius 3 is 2.90 bits per heavy atom. The minimum atomic E-state index is -0.989. The Bertz CT molecular complexity index is 540. The summed E-state index contributed by atoms with van der Waals surface area (Å²) >= 11 is 4.74. The van der Waals surface area contributed by atoms with Gasteiger partial charge < -0.3 is 20.1 Å². The number of amides is 2. The van der Waals surface area contributed by atoms with Crippen molar-refractivity contribution in [1.82, 2.24) is 4.90 Å². The van der Waals surface area contributed by atoms with Crippen LogP contribution in [-0.4, -0.2) is 46.8 Å². The number of carboxylic acid groups (broad SMARTS) is 1. The topological polar surface area (TPSA) is 78.9 Å². The molecule has 2 rings (SSSR count). The number of urea groups is 1. The van der Waals surface area contributed by atoms with Crippen LogP contribution in [0.1, 0.15) is 0 Å². The van der Waals surface area contributed by atoms with Crippen LogP contribution in [0.15, 0.2) is 22.7 Å². The van der Waals surface area contributed by atoms with E-state index in [1.165, 1.54) is 23.8 Å². The third-order valence-electron chi connectivity index (χ3n) is 2.79. The Labute approximate surface area is 128 Å². The number of carbonyl (C=O) groups is 2. The van der Waals surface area contributed by atoms with Gasteiger partial charge in [-0.3, -0.25) is 0 Å². The third-order valence-corrected chi connectivity index (χ3v) is 4.26. The lowest BCUT2D eigenvalue weighted by molar-refractivity contribution is -0.140. The fourth-order valence-electron chi connectivity index (χ4n) is 1.80. The molecule has 6 nitrogen and oxygen atoms in total. The Hall–Kier alpha value is -1.41. The summed E-state index contributed by atoms with van der Waals surface area (Å²) in [6.45, 7) is 0. The molecule has 0 saturated carbocycles. The van der Waals surface area contributed by atoms with E-state index in [9.17, 15) is 9.59 Å². The van der Waals surface area contributed by atoms with Crippen LogP contribution >= 0.6 is 27.7 Å². The molecule has 8 heteroatoms. The highest BCUT2D eigenvalue weighted by Crippen LogP contribution is 2.26. The molecule has 1 heterocycles. The highest BCUT2D eigenvalue weighted by molar-refractivity contribution is 9.10. The molecule has 1 fully saturated rings. The molecule has 2 N–H and O–H groups in total. The maximum Gasteiger partial charge on any atom is 0.327 e. The van der Waals surface area contributed by atoms with Crippen molar-refractivity contribution in [3.8, 4) is 5.75 Å². The first kappa shape index (κ1) is 15.0. The van der Waals surface area contributed by atoms with Gasteiger partial charge in [-0.1, -0.05) is 15.9 Å². The van der Waals surface area contributed by atoms with E-state index in [1.54, 1.807) is 18.2 Å². The summed E-state index contributed by atoms with van der Waals surface area (Å²) in [6.07, 6.45) is 0. The Morgan fingerprint density at radius 2 is 2.25 bits per heavy atom. The SMILES string of the molecule is COc1cc(Br)cc(NC(=O)N2CSCC2C(=O)O)c1. The quantitative estimate of drug-likeness (QED) is 0.865. The summed E-state index contributed by atoms with van der Waals surface area (Å²) < 4.78 is 5.87. The number of hydrogen-bond acceptors (Lipinski definition) is 4. The van der Waals surface area contributed by atoms with Gasteiger partial charge in [0, 0.05) is 22.0 Å². The van der Waals surface area contributed by atoms with Crippen molar-refractivity contribution in [2.45, 2.75) is 6.04 Å². The van der Waals surface area contributed by atoms with Gasteiger partial charge in [0.2, 0.25) is 0 Å². The number of halogens is 1. The van der Waals surface area contributed by atoms with E-state index < -0.39 is 18.0 Å². The number of carbonyl (C=O) groups excluding carboxylic acids is 1. The number of hydrogen-bond donors (Lipinski definition) is 2. The van der Waals surface area contributed by atoms with Gasteiger partial charge in [-0.2, -0.15) is 0 Å². The zero-order valence-electron chi connectivity index (χ0n) is 10.6. The second-order valence-corrected chi connectivity index (χ2v) is 6.05.